The van der Waals surface area contributed by atoms with Crippen LogP contribution in [0.2, 0.25) is 0 Å². The number of rotatable bonds is 13. The average molecular weight is 595 g/mol. The van der Waals surface area contributed by atoms with Crippen LogP contribution in [0, 0.1) is 0 Å². The van der Waals surface area contributed by atoms with Gasteiger partial charge in [0.1, 0.15) is 26.3 Å². The number of Topliss-reactive ketones (excluding diaryl/α,β-unsaturated/α-hetero) is 1. The Morgan fingerprint density at radius 1 is 0.930 bits per heavy atom. The zero-order chi connectivity index (χ0) is 30.2. The number of ketones is 1. The Balaban J connectivity index is 1.50. The number of benzene rings is 2. The van der Waals surface area contributed by atoms with Gasteiger partial charge >= 0.3 is 0 Å². The maximum absolute atomic E-state index is 14.0. The first kappa shape index (κ1) is 30.7. The Morgan fingerprint density at radius 2 is 1.72 bits per heavy atom. The first-order valence-corrected chi connectivity index (χ1v) is 15.5. The van der Waals surface area contributed by atoms with Crippen LogP contribution >= 0.6 is 0 Å². The highest BCUT2D eigenvalue weighted by Gasteiger charge is 2.44. The Hall–Kier alpha value is -3.76. The molecule has 0 bridgehead atoms. The van der Waals surface area contributed by atoms with Crippen LogP contribution in [0.3, 0.4) is 0 Å². The summed E-state index contributed by atoms with van der Waals surface area (Å²) in [7, 11) is 0. The molecule has 5 rings (SSSR count). The van der Waals surface area contributed by atoms with Gasteiger partial charge in [0.25, 0.3) is 5.91 Å². The highest BCUT2D eigenvalue weighted by molar-refractivity contribution is 6.46. The number of hydrogen-bond acceptors (Lipinski definition) is 8. The average Bonchev–Trinajstić information content (AvgIpc) is 3.29. The van der Waals surface area contributed by atoms with Gasteiger partial charge in [-0.2, -0.15) is 0 Å². The van der Waals surface area contributed by atoms with Gasteiger partial charge in [-0.1, -0.05) is 37.7 Å². The van der Waals surface area contributed by atoms with Crippen molar-refractivity contribution >= 4 is 17.4 Å². The molecule has 0 spiro atoms. The molecule has 10 nitrogen and oxygen atoms in total. The summed E-state index contributed by atoms with van der Waals surface area (Å²) in [5.74, 6) is 0.161. The molecule has 0 aromatic heterocycles. The molecule has 1 N–H and O–H groups in total. The molecule has 0 saturated carbocycles. The van der Waals surface area contributed by atoms with Crippen molar-refractivity contribution in [3.63, 3.8) is 0 Å². The number of carbonyl (C=O) groups is 2. The predicted octanol–water partition coefficient (Wildman–Crippen LogP) is 1.95. The largest absolute Gasteiger partial charge is 0.872 e. The molecule has 43 heavy (non-hydrogen) atoms. The number of likely N-dealkylation sites (tertiary alicyclic amines) is 1. The van der Waals surface area contributed by atoms with Gasteiger partial charge in [-0.15, -0.1) is 0 Å². The Kier molecular flexibility index (Phi) is 10.4. The van der Waals surface area contributed by atoms with Crippen LogP contribution in [-0.2, 0) is 14.3 Å². The number of hydrogen-bond donors (Lipinski definition) is 1. The molecule has 1 amide bonds. The van der Waals surface area contributed by atoms with Gasteiger partial charge in [0.2, 0.25) is 5.78 Å². The van der Waals surface area contributed by atoms with Crippen LogP contribution in [0.15, 0.2) is 42.0 Å². The second-order valence-electron chi connectivity index (χ2n) is 11.0. The van der Waals surface area contributed by atoms with Crippen molar-refractivity contribution in [2.24, 2.45) is 0 Å². The monoisotopic (exact) mass is 594 g/mol. The van der Waals surface area contributed by atoms with E-state index < -0.39 is 23.5 Å². The number of ether oxygens (including phenoxy) is 5. The third kappa shape index (κ3) is 7.08. The molecule has 3 aliphatic rings. The lowest BCUT2D eigenvalue weighted by atomic mass is 9.94. The third-order valence-electron chi connectivity index (χ3n) is 8.05. The first-order chi connectivity index (χ1) is 21.0. The molecule has 1 unspecified atom stereocenters. The quantitative estimate of drug-likeness (QED) is 0.162. The van der Waals surface area contributed by atoms with Crippen molar-refractivity contribution < 1.29 is 43.3 Å². The van der Waals surface area contributed by atoms with Crippen molar-refractivity contribution in [3.8, 4) is 23.0 Å². The number of nitrogens with one attached hydrogen (secondary N) is 1. The standard InChI is InChI=1S/C33H42N2O8/c1-3-5-6-16-41-25-10-8-23(21-27(25)40-4-2)30-29(31(36)24-9-11-26-28(22-24)43-20-19-42-26)32(37)33(38)35(30)13-7-12-34-14-17-39-18-15-34/h8-11,21-22,30,36H,3-7,12-20H2,1-2H3. The smallest absolute Gasteiger partial charge is 0.295 e. The van der Waals surface area contributed by atoms with Crippen LogP contribution in [0.1, 0.15) is 56.7 Å². The van der Waals surface area contributed by atoms with E-state index >= 15 is 0 Å². The number of unbranched alkanes of at least 4 members (excludes halogenated alkanes) is 2. The number of nitrogens with zero attached hydrogens (tertiary/aromatic N) is 1. The summed E-state index contributed by atoms with van der Waals surface area (Å²) >= 11 is 0. The molecular weight excluding hydrogens is 552 g/mol. The van der Waals surface area contributed by atoms with Crippen LogP contribution in [-0.4, -0.2) is 82.4 Å². The summed E-state index contributed by atoms with van der Waals surface area (Å²) in [4.78, 5) is 30.0. The SMILES string of the molecule is CCCCCOc1ccc(C2C(=C([O-])c3ccc4c(c3)OCCO4)C(=O)C(=O)N2CCC[NH+]2CCOCC2)cc1OCC. The lowest BCUT2D eigenvalue weighted by Gasteiger charge is -2.29. The molecule has 3 heterocycles. The van der Waals surface area contributed by atoms with Gasteiger partial charge in [-0.25, -0.2) is 0 Å². The van der Waals surface area contributed by atoms with Crippen molar-refractivity contribution in [3.05, 3.63) is 53.1 Å². The summed E-state index contributed by atoms with van der Waals surface area (Å²) in [5, 5.41) is 14.0. The zero-order valence-corrected chi connectivity index (χ0v) is 25.2. The van der Waals surface area contributed by atoms with Gasteiger partial charge in [-0.3, -0.25) is 9.59 Å². The second kappa shape index (κ2) is 14.6. The van der Waals surface area contributed by atoms with Crippen LogP contribution in [0.5, 0.6) is 23.0 Å². The number of carbonyl (C=O) groups excluding carboxylic acids is 2. The van der Waals surface area contributed by atoms with E-state index in [1.807, 2.05) is 19.1 Å². The Bertz CT molecular complexity index is 1320. The number of quaternary nitrogens is 1. The van der Waals surface area contributed by atoms with E-state index in [1.165, 1.54) is 4.90 Å². The molecule has 0 radical (unpaired) electrons. The fourth-order valence-corrected chi connectivity index (χ4v) is 5.81. The van der Waals surface area contributed by atoms with Gasteiger partial charge in [0.05, 0.1) is 39.0 Å². The normalized spacial score (nSPS) is 20.0. The van der Waals surface area contributed by atoms with Crippen LogP contribution in [0.4, 0.5) is 0 Å². The maximum Gasteiger partial charge on any atom is 0.295 e. The fraction of sp³-hybridized carbons (Fsp3) is 0.515. The summed E-state index contributed by atoms with van der Waals surface area (Å²) in [5.41, 5.74) is 0.827. The third-order valence-corrected chi connectivity index (χ3v) is 8.05. The minimum Gasteiger partial charge on any atom is -0.872 e. The lowest BCUT2D eigenvalue weighted by Crippen LogP contribution is -3.14. The summed E-state index contributed by atoms with van der Waals surface area (Å²) < 4.78 is 28.7. The highest BCUT2D eigenvalue weighted by Crippen LogP contribution is 2.42. The van der Waals surface area contributed by atoms with E-state index in [1.54, 1.807) is 29.2 Å². The fourth-order valence-electron chi connectivity index (χ4n) is 5.81. The molecule has 3 aliphatic heterocycles. The lowest BCUT2D eigenvalue weighted by molar-refractivity contribution is -0.908. The Labute approximate surface area is 253 Å². The molecule has 232 valence electrons. The van der Waals surface area contributed by atoms with Crippen LogP contribution < -0.4 is 29.0 Å². The van der Waals surface area contributed by atoms with Crippen LogP contribution in [0.25, 0.3) is 5.76 Å². The first-order valence-electron chi connectivity index (χ1n) is 15.5. The van der Waals surface area contributed by atoms with E-state index in [9.17, 15) is 14.7 Å². The predicted molar refractivity (Wildman–Crippen MR) is 157 cm³/mol. The van der Waals surface area contributed by atoms with E-state index in [0.717, 1.165) is 38.9 Å². The van der Waals surface area contributed by atoms with Gasteiger partial charge in [0, 0.05) is 18.5 Å². The maximum atomic E-state index is 14.0. The molecule has 2 aromatic rings. The number of fused-ring (bicyclic) bond motifs is 1. The number of morpholine rings is 1. The van der Waals surface area contributed by atoms with E-state index in [0.29, 0.717) is 81.2 Å². The molecular formula is C33H42N2O8. The van der Waals surface area contributed by atoms with E-state index in [2.05, 4.69) is 6.92 Å². The highest BCUT2D eigenvalue weighted by atomic mass is 16.6. The van der Waals surface area contributed by atoms with Crippen molar-refractivity contribution in [1.29, 1.82) is 0 Å². The van der Waals surface area contributed by atoms with Gasteiger partial charge in [-0.05, 0) is 48.7 Å². The summed E-state index contributed by atoms with van der Waals surface area (Å²) in [6.07, 6.45) is 3.77. The molecule has 2 fully saturated rings. The second-order valence-corrected chi connectivity index (χ2v) is 11.0. The topological polar surface area (TPSA) is 111 Å². The molecule has 2 saturated heterocycles. The summed E-state index contributed by atoms with van der Waals surface area (Å²) in [6, 6.07) is 9.44. The molecule has 10 heteroatoms. The van der Waals surface area contributed by atoms with Crippen molar-refractivity contribution in [2.45, 2.75) is 45.6 Å². The molecule has 2 aromatic carbocycles. The Morgan fingerprint density at radius 3 is 2.49 bits per heavy atom. The molecule has 0 aliphatic carbocycles. The van der Waals surface area contributed by atoms with E-state index in [-0.39, 0.29) is 11.1 Å². The minimum atomic E-state index is -0.853. The summed E-state index contributed by atoms with van der Waals surface area (Å²) in [6.45, 7) is 10.2. The minimum absolute atomic E-state index is 0.0699. The zero-order valence-electron chi connectivity index (χ0n) is 25.2. The number of amides is 1. The van der Waals surface area contributed by atoms with Gasteiger partial charge in [0.15, 0.2) is 23.0 Å². The van der Waals surface area contributed by atoms with Crippen molar-refractivity contribution in [2.75, 3.05) is 65.8 Å². The van der Waals surface area contributed by atoms with Gasteiger partial charge < -0.3 is 38.6 Å². The van der Waals surface area contributed by atoms with Crippen molar-refractivity contribution in [1.82, 2.24) is 4.90 Å². The van der Waals surface area contributed by atoms with E-state index in [4.69, 9.17) is 23.7 Å². The molecule has 1 atom stereocenters.